The minimum absolute atomic E-state index is 0.608. The van der Waals surface area contributed by atoms with Crippen LogP contribution >= 0.6 is 0 Å². The number of hydrogen-bond acceptors (Lipinski definition) is 4. The van der Waals surface area contributed by atoms with Crippen LogP contribution in [0.15, 0.2) is 168 Å². The number of fused-ring (bicyclic) bond motifs is 4. The van der Waals surface area contributed by atoms with Gasteiger partial charge in [0.05, 0.1) is 0 Å². The number of aromatic nitrogens is 3. The summed E-state index contributed by atoms with van der Waals surface area (Å²) in [4.78, 5) is 15.4. The highest BCUT2D eigenvalue weighted by Gasteiger charge is 2.20. The van der Waals surface area contributed by atoms with Gasteiger partial charge < -0.3 is 4.42 Å². The Morgan fingerprint density at radius 2 is 0.894 bits per heavy atom. The summed E-state index contributed by atoms with van der Waals surface area (Å²) < 4.78 is 6.38. The van der Waals surface area contributed by atoms with Crippen molar-refractivity contribution in [2.45, 2.75) is 0 Å². The molecule has 9 aromatic rings. The van der Waals surface area contributed by atoms with Gasteiger partial charge in [-0.1, -0.05) is 146 Å². The molecule has 0 aliphatic carbocycles. The zero-order valence-electron chi connectivity index (χ0n) is 25.3. The van der Waals surface area contributed by atoms with Crippen LogP contribution in [0.2, 0.25) is 0 Å². The van der Waals surface area contributed by atoms with Gasteiger partial charge in [0, 0.05) is 27.5 Å². The molecule has 47 heavy (non-hydrogen) atoms. The quantitative estimate of drug-likeness (QED) is 0.197. The van der Waals surface area contributed by atoms with Crippen molar-refractivity contribution in [2.24, 2.45) is 0 Å². The van der Waals surface area contributed by atoms with Crippen molar-refractivity contribution in [3.63, 3.8) is 0 Å². The minimum Gasteiger partial charge on any atom is -0.456 e. The van der Waals surface area contributed by atoms with Crippen LogP contribution in [-0.2, 0) is 0 Å². The molecular formula is C43H27N3O. The summed E-state index contributed by atoms with van der Waals surface area (Å²) in [7, 11) is 0. The van der Waals surface area contributed by atoms with Gasteiger partial charge in [-0.25, -0.2) is 15.0 Å². The topological polar surface area (TPSA) is 51.8 Å². The maximum absolute atomic E-state index is 6.38. The summed E-state index contributed by atoms with van der Waals surface area (Å²) in [5, 5.41) is 4.31. The molecule has 0 saturated heterocycles. The molecule has 220 valence electrons. The molecule has 0 bridgehead atoms. The van der Waals surface area contributed by atoms with Crippen molar-refractivity contribution < 1.29 is 4.42 Å². The second-order valence-corrected chi connectivity index (χ2v) is 11.6. The fraction of sp³-hybridized carbons (Fsp3) is 0. The number of benzene rings is 7. The van der Waals surface area contributed by atoms with Crippen molar-refractivity contribution >= 4 is 32.7 Å². The Bertz CT molecular complexity index is 2550. The number of rotatable bonds is 5. The Hall–Kier alpha value is -6.39. The van der Waals surface area contributed by atoms with Crippen molar-refractivity contribution in [1.82, 2.24) is 15.0 Å². The lowest BCUT2D eigenvalue weighted by molar-refractivity contribution is 0.669. The Kier molecular flexibility index (Phi) is 6.43. The van der Waals surface area contributed by atoms with Crippen molar-refractivity contribution in [3.8, 4) is 56.4 Å². The van der Waals surface area contributed by atoms with E-state index in [2.05, 4.69) is 109 Å². The van der Waals surface area contributed by atoms with Gasteiger partial charge in [-0.2, -0.15) is 0 Å². The predicted octanol–water partition coefficient (Wildman–Crippen LogP) is 11.3. The Morgan fingerprint density at radius 3 is 1.68 bits per heavy atom. The van der Waals surface area contributed by atoms with Crippen LogP contribution in [0.1, 0.15) is 0 Å². The summed E-state index contributed by atoms with van der Waals surface area (Å²) in [5.41, 5.74) is 8.86. The maximum Gasteiger partial charge on any atom is 0.164 e. The highest BCUT2D eigenvalue weighted by molar-refractivity contribution is 6.08. The standard InChI is InChI=1S/C43H27N3O/c1-3-12-28(13-4-1)29-22-24-31(25-23-29)36-27-40-37(34-19-9-10-21-39(34)47-40)26-38(36)43-45-41(32-15-5-2-6-16-32)44-42(46-43)35-20-11-17-30-14-7-8-18-33(30)35/h1-27H. The Morgan fingerprint density at radius 1 is 0.319 bits per heavy atom. The first kappa shape index (κ1) is 27.0. The van der Waals surface area contributed by atoms with E-state index in [4.69, 9.17) is 19.4 Å². The van der Waals surface area contributed by atoms with Crippen LogP contribution in [0.4, 0.5) is 0 Å². The average molecular weight is 602 g/mol. The summed E-state index contributed by atoms with van der Waals surface area (Å²) in [5.74, 6) is 1.87. The zero-order chi connectivity index (χ0) is 31.2. The van der Waals surface area contributed by atoms with Gasteiger partial charge in [-0.3, -0.25) is 0 Å². The van der Waals surface area contributed by atoms with Gasteiger partial charge in [0.25, 0.3) is 0 Å². The Labute approximate surface area is 271 Å². The first-order chi connectivity index (χ1) is 23.3. The van der Waals surface area contributed by atoms with Crippen molar-refractivity contribution in [2.75, 3.05) is 0 Å². The van der Waals surface area contributed by atoms with Crippen molar-refractivity contribution in [1.29, 1.82) is 0 Å². The SMILES string of the molecule is c1ccc(-c2ccc(-c3cc4oc5ccccc5c4cc3-c3nc(-c4ccccc4)nc(-c4cccc5ccccc45)n3)cc2)cc1. The number of nitrogens with zero attached hydrogens (tertiary/aromatic N) is 3. The molecule has 9 rings (SSSR count). The van der Waals surface area contributed by atoms with E-state index in [1.54, 1.807) is 0 Å². The molecule has 0 unspecified atom stereocenters. The van der Waals surface area contributed by atoms with Crippen LogP contribution in [0.3, 0.4) is 0 Å². The molecular weight excluding hydrogens is 574 g/mol. The lowest BCUT2D eigenvalue weighted by atomic mass is 9.94. The van der Waals surface area contributed by atoms with Gasteiger partial charge >= 0.3 is 0 Å². The van der Waals surface area contributed by atoms with E-state index in [-0.39, 0.29) is 0 Å². The third-order valence-corrected chi connectivity index (χ3v) is 8.76. The molecule has 0 spiro atoms. The average Bonchev–Trinajstić information content (AvgIpc) is 3.52. The number of furan rings is 1. The third-order valence-electron chi connectivity index (χ3n) is 8.76. The monoisotopic (exact) mass is 601 g/mol. The van der Waals surface area contributed by atoms with E-state index in [1.807, 2.05) is 54.6 Å². The lowest BCUT2D eigenvalue weighted by Crippen LogP contribution is -2.01. The molecule has 2 aromatic heterocycles. The van der Waals surface area contributed by atoms with Crippen LogP contribution in [0.25, 0.3) is 89.1 Å². The highest BCUT2D eigenvalue weighted by Crippen LogP contribution is 2.40. The van der Waals surface area contributed by atoms with Crippen LogP contribution in [0, 0.1) is 0 Å². The van der Waals surface area contributed by atoms with E-state index in [1.165, 1.54) is 5.56 Å². The summed E-state index contributed by atoms with van der Waals surface area (Å²) in [6.07, 6.45) is 0. The van der Waals surface area contributed by atoms with Gasteiger partial charge in [-0.05, 0) is 51.2 Å². The van der Waals surface area contributed by atoms with Crippen LogP contribution < -0.4 is 0 Å². The van der Waals surface area contributed by atoms with Gasteiger partial charge in [0.2, 0.25) is 0 Å². The van der Waals surface area contributed by atoms with E-state index in [9.17, 15) is 0 Å². The fourth-order valence-corrected chi connectivity index (χ4v) is 6.42. The second-order valence-electron chi connectivity index (χ2n) is 11.6. The smallest absolute Gasteiger partial charge is 0.164 e. The predicted molar refractivity (Wildman–Crippen MR) is 192 cm³/mol. The zero-order valence-corrected chi connectivity index (χ0v) is 25.3. The van der Waals surface area contributed by atoms with Crippen LogP contribution in [-0.4, -0.2) is 15.0 Å². The molecule has 2 heterocycles. The van der Waals surface area contributed by atoms with Crippen molar-refractivity contribution in [3.05, 3.63) is 164 Å². The number of para-hydroxylation sites is 1. The molecule has 0 amide bonds. The van der Waals surface area contributed by atoms with E-state index in [0.717, 1.165) is 66.1 Å². The second kappa shape index (κ2) is 11.2. The first-order valence-corrected chi connectivity index (χ1v) is 15.7. The lowest BCUT2D eigenvalue weighted by Gasteiger charge is -2.14. The molecule has 0 fully saturated rings. The van der Waals surface area contributed by atoms with E-state index < -0.39 is 0 Å². The van der Waals surface area contributed by atoms with E-state index in [0.29, 0.717) is 17.5 Å². The fourth-order valence-electron chi connectivity index (χ4n) is 6.42. The summed E-state index contributed by atoms with van der Waals surface area (Å²) in [6, 6.07) is 56.3. The highest BCUT2D eigenvalue weighted by atomic mass is 16.3. The summed E-state index contributed by atoms with van der Waals surface area (Å²) >= 11 is 0. The molecule has 0 aliphatic rings. The summed E-state index contributed by atoms with van der Waals surface area (Å²) in [6.45, 7) is 0. The molecule has 0 radical (unpaired) electrons. The molecule has 4 nitrogen and oxygen atoms in total. The van der Waals surface area contributed by atoms with Gasteiger partial charge in [0.1, 0.15) is 11.2 Å². The molecule has 4 heteroatoms. The molecule has 0 saturated carbocycles. The number of hydrogen-bond donors (Lipinski definition) is 0. The van der Waals surface area contributed by atoms with Gasteiger partial charge in [0.15, 0.2) is 17.5 Å². The normalized spacial score (nSPS) is 11.4. The Balaban J connectivity index is 1.31. The largest absolute Gasteiger partial charge is 0.456 e. The van der Waals surface area contributed by atoms with E-state index >= 15 is 0 Å². The molecule has 7 aromatic carbocycles. The molecule has 0 atom stereocenters. The third kappa shape index (κ3) is 4.84. The van der Waals surface area contributed by atoms with Crippen LogP contribution in [0.5, 0.6) is 0 Å². The molecule has 0 aliphatic heterocycles. The molecule has 0 N–H and O–H groups in total. The maximum atomic E-state index is 6.38. The first-order valence-electron chi connectivity index (χ1n) is 15.7. The minimum atomic E-state index is 0.608. The van der Waals surface area contributed by atoms with Gasteiger partial charge in [-0.15, -0.1) is 0 Å².